The van der Waals surface area contributed by atoms with Gasteiger partial charge in [-0.05, 0) is 28.5 Å². The summed E-state index contributed by atoms with van der Waals surface area (Å²) in [5.74, 6) is -0.780. The molecule has 0 saturated carbocycles. The van der Waals surface area contributed by atoms with Gasteiger partial charge in [0.15, 0.2) is 0 Å². The van der Waals surface area contributed by atoms with Crippen molar-refractivity contribution in [1.82, 2.24) is 0 Å². The van der Waals surface area contributed by atoms with E-state index in [1.165, 1.54) is 6.21 Å². The van der Waals surface area contributed by atoms with Crippen molar-refractivity contribution in [1.29, 1.82) is 0 Å². The number of hydrogen-bond donors (Lipinski definition) is 2. The van der Waals surface area contributed by atoms with Crippen molar-refractivity contribution in [3.63, 3.8) is 0 Å². The van der Waals surface area contributed by atoms with E-state index in [-0.39, 0.29) is 10.8 Å². The van der Waals surface area contributed by atoms with Gasteiger partial charge in [-0.2, -0.15) is 0 Å². The molecule has 1 aromatic carbocycles. The van der Waals surface area contributed by atoms with Gasteiger partial charge in [0.1, 0.15) is 5.75 Å². The molecular formula is C17H25NO4. The lowest BCUT2D eigenvalue weighted by Crippen LogP contribution is -2.17. The van der Waals surface area contributed by atoms with E-state index in [4.69, 9.17) is 5.11 Å². The van der Waals surface area contributed by atoms with E-state index >= 15 is 0 Å². The SMILES string of the molecule is CC(C)(C)c1cc(/C=N/OCC(=O)O)cc(C(C)(C)C)c1O. The van der Waals surface area contributed by atoms with Crippen LogP contribution in [0.3, 0.4) is 0 Å². The van der Waals surface area contributed by atoms with E-state index in [0.717, 1.165) is 16.7 Å². The Bertz CT molecular complexity index is 542. The van der Waals surface area contributed by atoms with Gasteiger partial charge in [0, 0.05) is 11.1 Å². The number of carbonyl (C=O) groups is 1. The molecule has 0 fully saturated rings. The van der Waals surface area contributed by atoms with E-state index < -0.39 is 12.6 Å². The Hall–Kier alpha value is -2.04. The summed E-state index contributed by atoms with van der Waals surface area (Å²) in [5, 5.41) is 22.8. The molecule has 22 heavy (non-hydrogen) atoms. The summed E-state index contributed by atoms with van der Waals surface area (Å²) in [6.45, 7) is 11.7. The van der Waals surface area contributed by atoms with Crippen LogP contribution < -0.4 is 0 Å². The summed E-state index contributed by atoms with van der Waals surface area (Å²) in [6.07, 6.45) is 1.47. The number of benzene rings is 1. The molecule has 5 heteroatoms. The zero-order chi connectivity index (χ0) is 17.1. The van der Waals surface area contributed by atoms with Crippen LogP contribution in [0, 0.1) is 0 Å². The van der Waals surface area contributed by atoms with Crippen molar-refractivity contribution < 1.29 is 19.8 Å². The molecule has 0 spiro atoms. The first-order valence-corrected chi connectivity index (χ1v) is 7.18. The Morgan fingerprint density at radius 3 is 1.95 bits per heavy atom. The van der Waals surface area contributed by atoms with Crippen molar-refractivity contribution in [3.05, 3.63) is 28.8 Å². The zero-order valence-corrected chi connectivity index (χ0v) is 14.1. The van der Waals surface area contributed by atoms with Crippen LogP contribution in [0.5, 0.6) is 5.75 Å². The second-order valence-electron chi connectivity index (χ2n) is 7.37. The van der Waals surface area contributed by atoms with Crippen LogP contribution >= 0.6 is 0 Å². The lowest BCUT2D eigenvalue weighted by Gasteiger charge is -2.27. The first kappa shape index (κ1) is 18.0. The minimum Gasteiger partial charge on any atom is -0.507 e. The topological polar surface area (TPSA) is 79.1 Å². The molecule has 0 aliphatic heterocycles. The fourth-order valence-electron chi connectivity index (χ4n) is 2.07. The van der Waals surface area contributed by atoms with Gasteiger partial charge >= 0.3 is 5.97 Å². The van der Waals surface area contributed by atoms with Gasteiger partial charge in [-0.3, -0.25) is 0 Å². The average molecular weight is 307 g/mol. The highest BCUT2D eigenvalue weighted by Gasteiger charge is 2.26. The van der Waals surface area contributed by atoms with E-state index in [9.17, 15) is 9.90 Å². The molecule has 0 atom stereocenters. The highest BCUT2D eigenvalue weighted by Crippen LogP contribution is 2.39. The number of aromatic hydroxyl groups is 1. The van der Waals surface area contributed by atoms with Gasteiger partial charge in [0.25, 0.3) is 0 Å². The first-order chi connectivity index (χ1) is 9.93. The summed E-state index contributed by atoms with van der Waals surface area (Å²) in [7, 11) is 0. The summed E-state index contributed by atoms with van der Waals surface area (Å²) in [5.41, 5.74) is 1.95. The smallest absolute Gasteiger partial charge is 0.344 e. The molecule has 0 bridgehead atoms. The highest BCUT2D eigenvalue weighted by atomic mass is 16.6. The number of nitrogens with zero attached hydrogens (tertiary/aromatic N) is 1. The Balaban J connectivity index is 3.27. The van der Waals surface area contributed by atoms with Gasteiger partial charge < -0.3 is 15.1 Å². The Morgan fingerprint density at radius 2 is 1.59 bits per heavy atom. The standard InChI is InChI=1S/C17H25NO4/c1-16(2,3)12-7-11(9-18-22-10-14(19)20)8-13(15(12)21)17(4,5)6/h7-9,21H,10H2,1-6H3,(H,19,20)/b18-9+. The van der Waals surface area contributed by atoms with Gasteiger partial charge in [-0.25, -0.2) is 4.79 Å². The van der Waals surface area contributed by atoms with Crippen LogP contribution in [0.25, 0.3) is 0 Å². The molecule has 1 rings (SSSR count). The number of phenolic OH excluding ortho intramolecular Hbond substituents is 1. The maximum atomic E-state index is 10.6. The van der Waals surface area contributed by atoms with Crippen molar-refractivity contribution in [2.45, 2.75) is 52.4 Å². The monoisotopic (exact) mass is 307 g/mol. The van der Waals surface area contributed by atoms with Crippen LogP contribution in [0.4, 0.5) is 0 Å². The normalized spacial score (nSPS) is 12.6. The molecular weight excluding hydrogens is 282 g/mol. The van der Waals surface area contributed by atoms with E-state index in [1.807, 2.05) is 53.7 Å². The third-order valence-corrected chi connectivity index (χ3v) is 3.21. The van der Waals surface area contributed by atoms with Gasteiger partial charge in [0.05, 0.1) is 6.21 Å². The minimum absolute atomic E-state index is 0.226. The first-order valence-electron chi connectivity index (χ1n) is 7.18. The van der Waals surface area contributed by atoms with E-state index in [0.29, 0.717) is 5.75 Å². The number of oxime groups is 1. The predicted octanol–water partition coefficient (Wildman–Crippen LogP) is 3.42. The number of carboxylic acids is 1. The molecule has 0 radical (unpaired) electrons. The van der Waals surface area contributed by atoms with E-state index in [1.54, 1.807) is 0 Å². The molecule has 0 saturated heterocycles. The molecule has 1 aromatic rings. The van der Waals surface area contributed by atoms with Gasteiger partial charge in [0.2, 0.25) is 6.61 Å². The van der Waals surface area contributed by atoms with E-state index in [2.05, 4.69) is 9.99 Å². The molecule has 0 aliphatic rings. The third kappa shape index (κ3) is 4.76. The van der Waals surface area contributed by atoms with Crippen LogP contribution in [-0.4, -0.2) is 29.0 Å². The lowest BCUT2D eigenvalue weighted by molar-refractivity contribution is -0.142. The van der Waals surface area contributed by atoms with Crippen molar-refractivity contribution in [2.24, 2.45) is 5.16 Å². The Kier molecular flexibility index (Phi) is 5.22. The molecule has 0 aliphatic carbocycles. The lowest BCUT2D eigenvalue weighted by atomic mass is 9.78. The number of aliphatic carboxylic acids is 1. The number of carboxylic acid groups (broad SMARTS) is 1. The molecule has 0 unspecified atom stereocenters. The maximum Gasteiger partial charge on any atom is 0.344 e. The summed E-state index contributed by atoms with van der Waals surface area (Å²) >= 11 is 0. The van der Waals surface area contributed by atoms with Crippen LogP contribution in [0.15, 0.2) is 17.3 Å². The molecule has 0 aromatic heterocycles. The second-order valence-corrected chi connectivity index (χ2v) is 7.37. The second kappa shape index (κ2) is 6.38. The van der Waals surface area contributed by atoms with Crippen molar-refractivity contribution >= 4 is 12.2 Å². The Labute approximate surface area is 131 Å². The van der Waals surface area contributed by atoms with Crippen LogP contribution in [0.2, 0.25) is 0 Å². The fourth-order valence-corrected chi connectivity index (χ4v) is 2.07. The molecule has 0 amide bonds. The summed E-state index contributed by atoms with van der Waals surface area (Å²) in [6, 6.07) is 3.69. The average Bonchev–Trinajstić information content (AvgIpc) is 2.33. The molecule has 0 heterocycles. The quantitative estimate of drug-likeness (QED) is 0.660. The Morgan fingerprint density at radius 1 is 1.14 bits per heavy atom. The predicted molar refractivity (Wildman–Crippen MR) is 86.7 cm³/mol. The molecule has 5 nitrogen and oxygen atoms in total. The van der Waals surface area contributed by atoms with Crippen LogP contribution in [0.1, 0.15) is 58.2 Å². The third-order valence-electron chi connectivity index (χ3n) is 3.21. The number of rotatable bonds is 4. The zero-order valence-electron chi connectivity index (χ0n) is 14.1. The highest BCUT2D eigenvalue weighted by molar-refractivity contribution is 5.81. The summed E-state index contributed by atoms with van der Waals surface area (Å²) in [4.78, 5) is 15.1. The van der Waals surface area contributed by atoms with Crippen molar-refractivity contribution in [2.75, 3.05) is 6.61 Å². The maximum absolute atomic E-state index is 10.6. The van der Waals surface area contributed by atoms with Gasteiger partial charge in [-0.1, -0.05) is 46.7 Å². The van der Waals surface area contributed by atoms with Crippen molar-refractivity contribution in [3.8, 4) is 5.75 Å². The number of hydrogen-bond acceptors (Lipinski definition) is 4. The van der Waals surface area contributed by atoms with Gasteiger partial charge in [-0.15, -0.1) is 0 Å². The number of phenols is 1. The largest absolute Gasteiger partial charge is 0.507 e. The fraction of sp³-hybridized carbons (Fsp3) is 0.529. The molecule has 2 N–H and O–H groups in total. The molecule has 122 valence electrons. The van der Waals surface area contributed by atoms with Crippen LogP contribution in [-0.2, 0) is 20.5 Å². The summed E-state index contributed by atoms with van der Waals surface area (Å²) < 4.78 is 0. The minimum atomic E-state index is -1.08.